The van der Waals surface area contributed by atoms with E-state index in [0.717, 1.165) is 21.5 Å². The molecular weight excluding hydrogens is 369 g/mol. The molecule has 0 saturated heterocycles. The summed E-state index contributed by atoms with van der Waals surface area (Å²) in [6.07, 6.45) is -3.07. The number of carbonyl (C=O) groups excluding carboxylic acids is 1. The quantitative estimate of drug-likeness (QED) is 0.629. The van der Waals surface area contributed by atoms with Crippen molar-refractivity contribution < 1.29 is 18.0 Å². The molecule has 110 valence electrons. The zero-order valence-electron chi connectivity index (χ0n) is 10.3. The Hall–Kier alpha value is -1.67. The number of halogens is 4. The second kappa shape index (κ2) is 6.40. The molecule has 0 unspecified atom stereocenters. The van der Waals surface area contributed by atoms with Crippen molar-refractivity contribution in [2.45, 2.75) is 6.18 Å². The first kappa shape index (κ1) is 15.7. The summed E-state index contributed by atoms with van der Waals surface area (Å²) in [6.45, 7) is 0. The van der Waals surface area contributed by atoms with Crippen molar-refractivity contribution in [3.63, 3.8) is 0 Å². The van der Waals surface area contributed by atoms with Gasteiger partial charge < -0.3 is 0 Å². The number of alkyl halides is 3. The van der Waals surface area contributed by atoms with Crippen LogP contribution in [0.3, 0.4) is 0 Å². The normalized spacial score (nSPS) is 11.8. The Bertz CT molecular complexity index is 682. The molecule has 0 spiro atoms. The minimum Gasteiger partial charge on any atom is -0.267 e. The first-order valence-electron chi connectivity index (χ1n) is 5.61. The second-order valence-electron chi connectivity index (χ2n) is 3.94. The number of hydrogen-bond acceptors (Lipinski definition) is 3. The molecule has 1 aromatic heterocycles. The van der Waals surface area contributed by atoms with Gasteiger partial charge in [-0.1, -0.05) is 6.07 Å². The number of amides is 1. The highest BCUT2D eigenvalue weighted by molar-refractivity contribution is 9.10. The summed E-state index contributed by atoms with van der Waals surface area (Å²) in [6, 6.07) is 5.96. The van der Waals surface area contributed by atoms with Gasteiger partial charge in [0.15, 0.2) is 0 Å². The van der Waals surface area contributed by atoms with Crippen molar-refractivity contribution in [1.29, 1.82) is 0 Å². The molecule has 0 saturated carbocycles. The van der Waals surface area contributed by atoms with Crippen molar-refractivity contribution in [2.24, 2.45) is 5.10 Å². The van der Waals surface area contributed by atoms with Crippen LogP contribution in [-0.2, 0) is 6.18 Å². The van der Waals surface area contributed by atoms with E-state index >= 15 is 0 Å². The number of thiophene rings is 1. The number of hydrazone groups is 1. The Balaban J connectivity index is 2.05. The topological polar surface area (TPSA) is 41.5 Å². The van der Waals surface area contributed by atoms with Crippen LogP contribution in [0.5, 0.6) is 0 Å². The minimum atomic E-state index is -4.48. The maximum Gasteiger partial charge on any atom is 0.416 e. The van der Waals surface area contributed by atoms with Gasteiger partial charge in [0.2, 0.25) is 0 Å². The third-order valence-corrected chi connectivity index (χ3v) is 4.03. The highest BCUT2D eigenvalue weighted by Crippen LogP contribution is 2.29. The molecule has 0 bridgehead atoms. The number of nitrogens with zero attached hydrogens (tertiary/aromatic N) is 1. The molecule has 0 aliphatic heterocycles. The molecular formula is C13H8BrF3N2OS. The van der Waals surface area contributed by atoms with E-state index in [1.54, 1.807) is 6.07 Å². The highest BCUT2D eigenvalue weighted by atomic mass is 79.9. The average Bonchev–Trinajstić information content (AvgIpc) is 2.83. The van der Waals surface area contributed by atoms with Gasteiger partial charge >= 0.3 is 6.18 Å². The summed E-state index contributed by atoms with van der Waals surface area (Å²) in [5.74, 6) is -0.701. The van der Waals surface area contributed by atoms with E-state index in [1.807, 2.05) is 5.38 Å². The van der Waals surface area contributed by atoms with Crippen LogP contribution in [0, 0.1) is 0 Å². The lowest BCUT2D eigenvalue weighted by Gasteiger charge is -2.07. The Morgan fingerprint density at radius 2 is 2.10 bits per heavy atom. The molecule has 1 amide bonds. The summed E-state index contributed by atoms with van der Waals surface area (Å²) in [5, 5.41) is 5.55. The summed E-state index contributed by atoms with van der Waals surface area (Å²) >= 11 is 4.68. The first-order valence-corrected chi connectivity index (χ1v) is 7.28. The van der Waals surface area contributed by atoms with Crippen LogP contribution in [-0.4, -0.2) is 12.1 Å². The van der Waals surface area contributed by atoms with Crippen molar-refractivity contribution in [2.75, 3.05) is 0 Å². The van der Waals surface area contributed by atoms with E-state index < -0.39 is 17.6 Å². The molecule has 0 aliphatic rings. The van der Waals surface area contributed by atoms with Crippen molar-refractivity contribution in [3.8, 4) is 0 Å². The maximum absolute atomic E-state index is 12.5. The lowest BCUT2D eigenvalue weighted by molar-refractivity contribution is -0.137. The fraction of sp³-hybridized carbons (Fsp3) is 0.0769. The smallest absolute Gasteiger partial charge is 0.267 e. The lowest BCUT2D eigenvalue weighted by atomic mass is 10.1. The largest absolute Gasteiger partial charge is 0.416 e. The molecule has 1 heterocycles. The molecule has 1 N–H and O–H groups in total. The minimum absolute atomic E-state index is 0.102. The molecule has 0 aliphatic carbocycles. The van der Waals surface area contributed by atoms with Gasteiger partial charge in [-0.05, 0) is 40.2 Å². The van der Waals surface area contributed by atoms with E-state index in [1.165, 1.54) is 29.7 Å². The molecule has 0 fully saturated rings. The van der Waals surface area contributed by atoms with Gasteiger partial charge in [-0.2, -0.15) is 18.3 Å². The number of nitrogens with one attached hydrogen (secondary N) is 1. The van der Waals surface area contributed by atoms with Crippen LogP contribution in [0.4, 0.5) is 13.2 Å². The van der Waals surface area contributed by atoms with Gasteiger partial charge in [0.05, 0.1) is 11.8 Å². The molecule has 21 heavy (non-hydrogen) atoms. The Kier molecular flexibility index (Phi) is 4.79. The lowest BCUT2D eigenvalue weighted by Crippen LogP contribution is -2.18. The standard InChI is InChI=1S/C13H8BrF3N2OS/c14-10-5-11(21-7-10)6-18-19-12(20)8-2-1-3-9(4-8)13(15,16)17/h1-7H,(H,19,20)/b18-6+. The SMILES string of the molecule is O=C(N/N=C/c1cc(Br)cs1)c1cccc(C(F)(F)F)c1. The van der Waals surface area contributed by atoms with E-state index in [2.05, 4.69) is 26.5 Å². The average molecular weight is 377 g/mol. The van der Waals surface area contributed by atoms with Crippen LogP contribution >= 0.6 is 27.3 Å². The van der Waals surface area contributed by atoms with Crippen LogP contribution < -0.4 is 5.43 Å². The third-order valence-electron chi connectivity index (χ3n) is 2.40. The Morgan fingerprint density at radius 3 is 2.71 bits per heavy atom. The van der Waals surface area contributed by atoms with Gasteiger partial charge in [-0.3, -0.25) is 4.79 Å². The fourth-order valence-corrected chi connectivity index (χ4v) is 2.76. The summed E-state index contributed by atoms with van der Waals surface area (Å²) in [4.78, 5) is 12.5. The van der Waals surface area contributed by atoms with Gasteiger partial charge in [0.25, 0.3) is 5.91 Å². The predicted octanol–water partition coefficient (Wildman–Crippen LogP) is 4.29. The van der Waals surface area contributed by atoms with Crippen LogP contribution in [0.25, 0.3) is 0 Å². The van der Waals surface area contributed by atoms with Crippen molar-refractivity contribution >= 4 is 39.4 Å². The number of benzene rings is 1. The maximum atomic E-state index is 12.5. The first-order chi connectivity index (χ1) is 9.86. The number of rotatable bonds is 3. The zero-order chi connectivity index (χ0) is 15.5. The molecule has 2 rings (SSSR count). The molecule has 1 aromatic carbocycles. The van der Waals surface area contributed by atoms with Gasteiger partial charge in [-0.25, -0.2) is 5.43 Å². The van der Waals surface area contributed by atoms with Gasteiger partial charge in [0.1, 0.15) is 0 Å². The number of carbonyl (C=O) groups is 1. The second-order valence-corrected chi connectivity index (χ2v) is 5.80. The van der Waals surface area contributed by atoms with Crippen LogP contribution in [0.1, 0.15) is 20.8 Å². The zero-order valence-corrected chi connectivity index (χ0v) is 12.7. The van der Waals surface area contributed by atoms with E-state index in [0.29, 0.717) is 0 Å². The van der Waals surface area contributed by atoms with E-state index in [4.69, 9.17) is 0 Å². The van der Waals surface area contributed by atoms with Gasteiger partial charge in [0, 0.05) is 20.3 Å². The molecule has 3 nitrogen and oxygen atoms in total. The fourth-order valence-electron chi connectivity index (χ4n) is 1.45. The molecule has 2 aromatic rings. The van der Waals surface area contributed by atoms with Crippen molar-refractivity contribution in [3.05, 3.63) is 56.2 Å². The molecule has 8 heteroatoms. The summed E-state index contributed by atoms with van der Waals surface area (Å²) in [7, 11) is 0. The number of hydrogen-bond donors (Lipinski definition) is 1. The summed E-state index contributed by atoms with van der Waals surface area (Å²) in [5.41, 5.74) is 1.21. The highest BCUT2D eigenvalue weighted by Gasteiger charge is 2.30. The van der Waals surface area contributed by atoms with Crippen LogP contribution in [0.15, 0.2) is 45.3 Å². The molecule has 0 atom stereocenters. The summed E-state index contributed by atoms with van der Waals surface area (Å²) < 4.78 is 38.5. The predicted molar refractivity (Wildman–Crippen MR) is 78.5 cm³/mol. The Morgan fingerprint density at radius 1 is 1.33 bits per heavy atom. The third kappa shape index (κ3) is 4.40. The van der Waals surface area contributed by atoms with Gasteiger partial charge in [-0.15, -0.1) is 11.3 Å². The van der Waals surface area contributed by atoms with Crippen molar-refractivity contribution in [1.82, 2.24) is 5.43 Å². The Labute approximate surface area is 130 Å². The molecule has 0 radical (unpaired) electrons. The monoisotopic (exact) mass is 376 g/mol. The van der Waals surface area contributed by atoms with Crippen LogP contribution in [0.2, 0.25) is 0 Å². The van der Waals surface area contributed by atoms with E-state index in [-0.39, 0.29) is 5.56 Å². The van der Waals surface area contributed by atoms with E-state index in [9.17, 15) is 18.0 Å².